The predicted molar refractivity (Wildman–Crippen MR) is 109 cm³/mol. The Morgan fingerprint density at radius 1 is 0.964 bits per heavy atom. The van der Waals surface area contributed by atoms with Crippen molar-refractivity contribution in [2.24, 2.45) is 0 Å². The van der Waals surface area contributed by atoms with Crippen molar-refractivity contribution in [1.29, 1.82) is 0 Å². The van der Waals surface area contributed by atoms with Crippen molar-refractivity contribution in [2.75, 3.05) is 25.1 Å². The molecule has 0 aliphatic carbocycles. The second kappa shape index (κ2) is 7.82. The summed E-state index contributed by atoms with van der Waals surface area (Å²) in [6.45, 7) is 1.01. The maximum Gasteiger partial charge on any atom is 0.251 e. The predicted octanol–water partition coefficient (Wildman–Crippen LogP) is 3.48. The molecule has 1 atom stereocenters. The van der Waals surface area contributed by atoms with E-state index in [-0.39, 0.29) is 18.2 Å². The van der Waals surface area contributed by atoms with Crippen molar-refractivity contribution in [3.05, 3.63) is 72.8 Å². The fraction of sp³-hybridized carbons (Fsp3) is 0.217. The molecule has 3 aromatic rings. The smallest absolute Gasteiger partial charge is 0.251 e. The third-order valence-corrected chi connectivity index (χ3v) is 5.10. The van der Waals surface area contributed by atoms with Crippen molar-refractivity contribution >= 4 is 28.3 Å². The highest BCUT2D eigenvalue weighted by Crippen LogP contribution is 2.28. The van der Waals surface area contributed by atoms with E-state index in [4.69, 9.17) is 4.74 Å². The van der Waals surface area contributed by atoms with Gasteiger partial charge in [0.05, 0.1) is 18.2 Å². The Morgan fingerprint density at radius 2 is 1.68 bits per heavy atom. The fourth-order valence-corrected chi connectivity index (χ4v) is 3.53. The van der Waals surface area contributed by atoms with Crippen LogP contribution in [0, 0.1) is 0 Å². The van der Waals surface area contributed by atoms with Gasteiger partial charge in [-0.2, -0.15) is 0 Å². The summed E-state index contributed by atoms with van der Waals surface area (Å²) < 4.78 is 5.71. The van der Waals surface area contributed by atoms with Gasteiger partial charge in [0.25, 0.3) is 5.91 Å². The lowest BCUT2D eigenvalue weighted by molar-refractivity contribution is -0.122. The zero-order valence-corrected chi connectivity index (χ0v) is 15.7. The summed E-state index contributed by atoms with van der Waals surface area (Å²) in [6.07, 6.45) is 0.188. The quantitative estimate of drug-likeness (QED) is 0.620. The summed E-state index contributed by atoms with van der Waals surface area (Å²) in [6, 6.07) is 22.7. The maximum absolute atomic E-state index is 12.9. The number of rotatable bonds is 6. The van der Waals surface area contributed by atoms with Crippen LogP contribution in [0.1, 0.15) is 6.42 Å². The molecule has 142 valence electrons. The minimum atomic E-state index is -0.460. The molecule has 0 spiro atoms. The zero-order chi connectivity index (χ0) is 19.5. The van der Waals surface area contributed by atoms with E-state index in [0.717, 1.165) is 16.5 Å². The molecule has 3 aromatic carbocycles. The molecule has 1 saturated heterocycles. The second-order valence-electron chi connectivity index (χ2n) is 6.96. The van der Waals surface area contributed by atoms with E-state index >= 15 is 0 Å². The Kier molecular flexibility index (Phi) is 5.08. The topological polar surface area (TPSA) is 49.9 Å². The number of amides is 2. The van der Waals surface area contributed by atoms with E-state index in [0.29, 0.717) is 18.8 Å². The van der Waals surface area contributed by atoms with Crippen LogP contribution in [0.4, 0.5) is 5.69 Å². The van der Waals surface area contributed by atoms with Gasteiger partial charge in [0, 0.05) is 6.54 Å². The number of para-hydroxylation sites is 1. The number of fused-ring (bicyclic) bond motifs is 1. The molecule has 0 radical (unpaired) electrons. The van der Waals surface area contributed by atoms with Gasteiger partial charge in [0.15, 0.2) is 0 Å². The molecule has 0 aromatic heterocycles. The van der Waals surface area contributed by atoms with Gasteiger partial charge in [-0.3, -0.25) is 14.5 Å². The van der Waals surface area contributed by atoms with Gasteiger partial charge in [0.2, 0.25) is 5.91 Å². The molecule has 0 N–H and O–H groups in total. The summed E-state index contributed by atoms with van der Waals surface area (Å²) in [4.78, 5) is 28.7. The van der Waals surface area contributed by atoms with Gasteiger partial charge >= 0.3 is 0 Å². The standard InChI is InChI=1S/C23H22N2O3/c1-24(13-14-28-20-9-3-2-4-10-20)21-16-22(26)25(23(21)27)19-12-11-17-7-5-6-8-18(17)15-19/h2-12,15,21H,13-14,16H2,1H3/t21-/m0/s1. The Hall–Kier alpha value is -3.18. The maximum atomic E-state index is 12.9. The number of ether oxygens (including phenoxy) is 1. The van der Waals surface area contributed by atoms with E-state index in [1.165, 1.54) is 4.90 Å². The lowest BCUT2D eigenvalue weighted by atomic mass is 10.1. The largest absolute Gasteiger partial charge is 0.492 e. The van der Waals surface area contributed by atoms with Crippen molar-refractivity contribution in [2.45, 2.75) is 12.5 Å². The highest BCUT2D eigenvalue weighted by Gasteiger charge is 2.41. The van der Waals surface area contributed by atoms with Crippen molar-refractivity contribution in [3.63, 3.8) is 0 Å². The number of imide groups is 1. The van der Waals surface area contributed by atoms with Crippen LogP contribution in [-0.2, 0) is 9.59 Å². The first-order chi connectivity index (χ1) is 13.6. The molecule has 28 heavy (non-hydrogen) atoms. The lowest BCUT2D eigenvalue weighted by Crippen LogP contribution is -2.41. The van der Waals surface area contributed by atoms with Gasteiger partial charge in [-0.25, -0.2) is 4.90 Å². The summed E-state index contributed by atoms with van der Waals surface area (Å²) in [5.74, 6) is 0.450. The van der Waals surface area contributed by atoms with Crippen molar-refractivity contribution in [1.82, 2.24) is 4.90 Å². The first kappa shape index (κ1) is 18.2. The van der Waals surface area contributed by atoms with Crippen molar-refractivity contribution in [3.8, 4) is 5.75 Å². The van der Waals surface area contributed by atoms with Crippen LogP contribution in [0.25, 0.3) is 10.8 Å². The molecule has 1 fully saturated rings. The number of likely N-dealkylation sites (N-methyl/N-ethyl adjacent to an activating group) is 1. The average Bonchev–Trinajstić information content (AvgIpc) is 3.02. The highest BCUT2D eigenvalue weighted by molar-refractivity contribution is 6.22. The number of benzene rings is 3. The van der Waals surface area contributed by atoms with Crippen LogP contribution >= 0.6 is 0 Å². The Morgan fingerprint density at radius 3 is 2.46 bits per heavy atom. The van der Waals surface area contributed by atoms with Crippen LogP contribution in [0.2, 0.25) is 0 Å². The molecule has 1 aliphatic heterocycles. The molecule has 5 heteroatoms. The van der Waals surface area contributed by atoms with Crippen LogP contribution in [0.3, 0.4) is 0 Å². The molecule has 4 rings (SSSR count). The number of carbonyl (C=O) groups excluding carboxylic acids is 2. The van der Waals surface area contributed by atoms with E-state index < -0.39 is 6.04 Å². The number of hydrogen-bond acceptors (Lipinski definition) is 4. The van der Waals surface area contributed by atoms with Crippen LogP contribution in [0.5, 0.6) is 5.75 Å². The molecule has 1 aliphatic rings. The Bertz CT molecular complexity index is 1000. The normalized spacial score (nSPS) is 16.9. The van der Waals surface area contributed by atoms with E-state index in [1.807, 2.05) is 84.7 Å². The van der Waals surface area contributed by atoms with E-state index in [2.05, 4.69) is 0 Å². The zero-order valence-electron chi connectivity index (χ0n) is 15.7. The first-order valence-corrected chi connectivity index (χ1v) is 9.37. The highest BCUT2D eigenvalue weighted by atomic mass is 16.5. The number of anilines is 1. The third kappa shape index (κ3) is 3.62. The van der Waals surface area contributed by atoms with Crippen LogP contribution in [0.15, 0.2) is 72.8 Å². The SMILES string of the molecule is CN(CCOc1ccccc1)[C@H]1CC(=O)N(c2ccc3ccccc3c2)C1=O. The van der Waals surface area contributed by atoms with E-state index in [9.17, 15) is 9.59 Å². The Labute approximate surface area is 164 Å². The molecular weight excluding hydrogens is 352 g/mol. The molecule has 5 nitrogen and oxygen atoms in total. The summed E-state index contributed by atoms with van der Waals surface area (Å²) >= 11 is 0. The number of carbonyl (C=O) groups is 2. The van der Waals surface area contributed by atoms with Gasteiger partial charge in [-0.1, -0.05) is 48.5 Å². The molecule has 2 amide bonds. The van der Waals surface area contributed by atoms with Gasteiger partial charge in [-0.05, 0) is 42.1 Å². The summed E-state index contributed by atoms with van der Waals surface area (Å²) in [7, 11) is 1.86. The van der Waals surface area contributed by atoms with Crippen LogP contribution < -0.4 is 9.64 Å². The average molecular weight is 374 g/mol. The van der Waals surface area contributed by atoms with Gasteiger partial charge in [0.1, 0.15) is 12.4 Å². The Balaban J connectivity index is 1.43. The monoisotopic (exact) mass is 374 g/mol. The summed E-state index contributed by atoms with van der Waals surface area (Å²) in [5.41, 5.74) is 0.630. The molecule has 0 saturated carbocycles. The molecule has 0 unspecified atom stereocenters. The minimum Gasteiger partial charge on any atom is -0.492 e. The lowest BCUT2D eigenvalue weighted by Gasteiger charge is -2.23. The molecule has 0 bridgehead atoms. The fourth-order valence-electron chi connectivity index (χ4n) is 3.53. The molecule has 1 heterocycles. The molecular formula is C23H22N2O3. The van der Waals surface area contributed by atoms with Gasteiger partial charge in [-0.15, -0.1) is 0 Å². The summed E-state index contributed by atoms with van der Waals surface area (Å²) in [5, 5.41) is 2.09. The van der Waals surface area contributed by atoms with Crippen molar-refractivity contribution < 1.29 is 14.3 Å². The van der Waals surface area contributed by atoms with Gasteiger partial charge < -0.3 is 4.74 Å². The second-order valence-corrected chi connectivity index (χ2v) is 6.96. The number of nitrogens with zero attached hydrogens (tertiary/aromatic N) is 2. The first-order valence-electron chi connectivity index (χ1n) is 9.37. The van der Waals surface area contributed by atoms with Crippen LogP contribution in [-0.4, -0.2) is 43.0 Å². The van der Waals surface area contributed by atoms with E-state index in [1.54, 1.807) is 0 Å². The third-order valence-electron chi connectivity index (χ3n) is 5.10. The minimum absolute atomic E-state index is 0.166. The number of hydrogen-bond donors (Lipinski definition) is 0.